The highest BCUT2D eigenvalue weighted by atomic mass is 79.9. The van der Waals surface area contributed by atoms with Crippen molar-refractivity contribution in [3.8, 4) is 27.3 Å². The van der Waals surface area contributed by atoms with Crippen LogP contribution < -0.4 is 4.74 Å². The molecular weight excluding hydrogens is 503 g/mol. The van der Waals surface area contributed by atoms with Gasteiger partial charge in [-0.05, 0) is 41.3 Å². The Balaban J connectivity index is 1.71. The Morgan fingerprint density at radius 2 is 1.78 bits per heavy atom. The minimum absolute atomic E-state index is 0.367. The molecule has 32 heavy (non-hydrogen) atoms. The van der Waals surface area contributed by atoms with Gasteiger partial charge in [-0.15, -0.1) is 11.3 Å². The maximum absolute atomic E-state index is 12.9. The topological polar surface area (TPSA) is 39.2 Å². The van der Waals surface area contributed by atoms with Gasteiger partial charge in [0.2, 0.25) is 0 Å². The van der Waals surface area contributed by atoms with Crippen molar-refractivity contribution in [2.45, 2.75) is 12.8 Å². The number of hydrogen-bond donors (Lipinski definition) is 0. The molecule has 0 aliphatic heterocycles. The van der Waals surface area contributed by atoms with Crippen molar-refractivity contribution in [1.82, 2.24) is 4.98 Å². The van der Waals surface area contributed by atoms with Crippen LogP contribution in [0.2, 0.25) is 0 Å². The molecule has 2 heterocycles. The highest BCUT2D eigenvalue weighted by Crippen LogP contribution is 2.42. The van der Waals surface area contributed by atoms with E-state index in [0.29, 0.717) is 22.8 Å². The second-order valence-electron chi connectivity index (χ2n) is 6.87. The summed E-state index contributed by atoms with van der Waals surface area (Å²) in [6, 6.07) is 18.4. The molecule has 0 bridgehead atoms. The summed E-state index contributed by atoms with van der Waals surface area (Å²) in [5, 5.41) is 1.84. The Labute approximate surface area is 194 Å². The minimum Gasteiger partial charge on any atom is -0.488 e. The smallest absolute Gasteiger partial charge is 0.454 e. The number of hydrogen-bond acceptors (Lipinski definition) is 4. The summed E-state index contributed by atoms with van der Waals surface area (Å²) in [6.07, 6.45) is -2.58. The van der Waals surface area contributed by atoms with E-state index in [4.69, 9.17) is 4.74 Å². The highest BCUT2D eigenvalue weighted by Gasteiger charge is 2.39. The number of halogens is 4. The molecule has 0 amide bonds. The van der Waals surface area contributed by atoms with Crippen LogP contribution in [0.25, 0.3) is 21.6 Å². The zero-order valence-electron chi connectivity index (χ0n) is 16.4. The van der Waals surface area contributed by atoms with Crippen LogP contribution in [-0.2, 0) is 6.61 Å². The van der Waals surface area contributed by atoms with Crippen molar-refractivity contribution in [2.24, 2.45) is 0 Å². The van der Waals surface area contributed by atoms with Crippen LogP contribution in [0.4, 0.5) is 13.2 Å². The lowest BCUT2D eigenvalue weighted by atomic mass is 10.0. The summed E-state index contributed by atoms with van der Waals surface area (Å²) in [6.45, 7) is 0.367. The molecule has 0 spiro atoms. The average Bonchev–Trinajstić information content (AvgIpc) is 3.28. The van der Waals surface area contributed by atoms with Gasteiger partial charge in [0, 0.05) is 44.0 Å². The molecule has 4 aromatic rings. The summed E-state index contributed by atoms with van der Waals surface area (Å²) >= 11 is 4.83. The van der Waals surface area contributed by atoms with E-state index in [9.17, 15) is 18.0 Å². The quantitative estimate of drug-likeness (QED) is 0.247. The third-order valence-electron chi connectivity index (χ3n) is 4.65. The lowest BCUT2D eigenvalue weighted by Crippen LogP contribution is -2.22. The van der Waals surface area contributed by atoms with E-state index < -0.39 is 17.5 Å². The van der Waals surface area contributed by atoms with Crippen molar-refractivity contribution in [3.63, 3.8) is 0 Å². The number of carbonyl (C=O) groups is 1. The van der Waals surface area contributed by atoms with E-state index in [1.807, 2.05) is 60.0 Å². The SMILES string of the molecule is O=C(c1cncc(-c2sccc2-c2cc(Br)ccc2OCc2ccccc2)c1)C(F)(F)F. The van der Waals surface area contributed by atoms with Gasteiger partial charge < -0.3 is 4.74 Å². The Morgan fingerprint density at radius 3 is 2.53 bits per heavy atom. The number of Topliss-reactive ketones (excluding diaryl/α,β-unsaturated/α-hetero) is 1. The molecule has 0 saturated heterocycles. The van der Waals surface area contributed by atoms with Crippen molar-refractivity contribution in [2.75, 3.05) is 0 Å². The molecule has 2 aromatic heterocycles. The molecule has 0 saturated carbocycles. The van der Waals surface area contributed by atoms with E-state index >= 15 is 0 Å². The Kier molecular flexibility index (Phi) is 6.43. The number of thiophene rings is 1. The number of nitrogens with zero attached hydrogens (tertiary/aromatic N) is 1. The molecule has 0 radical (unpaired) electrons. The second kappa shape index (κ2) is 9.26. The van der Waals surface area contributed by atoms with Crippen molar-refractivity contribution < 1.29 is 22.7 Å². The molecule has 0 fully saturated rings. The zero-order valence-corrected chi connectivity index (χ0v) is 18.8. The van der Waals surface area contributed by atoms with E-state index in [1.54, 1.807) is 0 Å². The van der Waals surface area contributed by atoms with Gasteiger partial charge in [0.05, 0.1) is 0 Å². The minimum atomic E-state index is -4.96. The van der Waals surface area contributed by atoms with Crippen LogP contribution in [-0.4, -0.2) is 16.9 Å². The number of ether oxygens (including phenoxy) is 1. The van der Waals surface area contributed by atoms with E-state index in [0.717, 1.165) is 27.4 Å². The van der Waals surface area contributed by atoms with Gasteiger partial charge >= 0.3 is 6.18 Å². The first-order valence-corrected chi connectivity index (χ1v) is 11.1. The Hall–Kier alpha value is -2.97. The third-order valence-corrected chi connectivity index (χ3v) is 6.11. The van der Waals surface area contributed by atoms with Gasteiger partial charge in [-0.2, -0.15) is 13.2 Å². The number of rotatable bonds is 6. The third kappa shape index (κ3) is 4.92. The predicted octanol–water partition coefficient (Wildman–Crippen LogP) is 7.56. The van der Waals surface area contributed by atoms with Gasteiger partial charge in [-0.3, -0.25) is 9.78 Å². The number of aromatic nitrogens is 1. The molecule has 0 unspecified atom stereocenters. The van der Waals surface area contributed by atoms with Crippen LogP contribution in [0.1, 0.15) is 15.9 Å². The molecule has 0 N–H and O–H groups in total. The first-order valence-electron chi connectivity index (χ1n) is 9.44. The monoisotopic (exact) mass is 517 g/mol. The summed E-state index contributed by atoms with van der Waals surface area (Å²) in [4.78, 5) is 16.2. The van der Waals surface area contributed by atoms with Crippen molar-refractivity contribution >= 4 is 33.0 Å². The number of benzene rings is 2. The molecule has 8 heteroatoms. The standard InChI is InChI=1S/C24H15BrF3NO2S/c25-18-6-7-21(31-14-15-4-2-1-3-5-15)20(11-18)19-8-9-32-22(19)16-10-17(13-29-12-16)23(30)24(26,27)28/h1-13H,14H2. The van der Waals surface area contributed by atoms with E-state index in [2.05, 4.69) is 20.9 Å². The lowest BCUT2D eigenvalue weighted by molar-refractivity contribution is -0.0885. The first-order chi connectivity index (χ1) is 15.3. The molecule has 3 nitrogen and oxygen atoms in total. The number of carbonyl (C=O) groups excluding carboxylic acids is 1. The highest BCUT2D eigenvalue weighted by molar-refractivity contribution is 9.10. The summed E-state index contributed by atoms with van der Waals surface area (Å²) < 4.78 is 45.5. The molecule has 0 aliphatic carbocycles. The van der Waals surface area contributed by atoms with Crippen molar-refractivity contribution in [3.05, 3.63) is 94.0 Å². The maximum atomic E-state index is 12.9. The average molecular weight is 518 g/mol. The summed E-state index contributed by atoms with van der Waals surface area (Å²) in [7, 11) is 0. The molecule has 0 aliphatic rings. The fourth-order valence-electron chi connectivity index (χ4n) is 3.17. The van der Waals surface area contributed by atoms with Gasteiger partial charge in [0.1, 0.15) is 12.4 Å². The van der Waals surface area contributed by atoms with Crippen LogP contribution >= 0.6 is 27.3 Å². The Morgan fingerprint density at radius 1 is 1.00 bits per heavy atom. The predicted molar refractivity (Wildman–Crippen MR) is 122 cm³/mol. The van der Waals surface area contributed by atoms with Gasteiger partial charge in [-0.1, -0.05) is 46.3 Å². The molecule has 0 atom stereocenters. The summed E-state index contributed by atoms with van der Waals surface area (Å²) in [5.74, 6) is -1.29. The molecular formula is C24H15BrF3NO2S. The Bertz CT molecular complexity index is 1260. The van der Waals surface area contributed by atoms with Gasteiger partial charge in [0.25, 0.3) is 5.78 Å². The summed E-state index contributed by atoms with van der Waals surface area (Å²) in [5.41, 5.74) is 2.49. The van der Waals surface area contributed by atoms with Crippen LogP contribution in [0, 0.1) is 0 Å². The number of pyridine rings is 1. The fraction of sp³-hybridized carbons (Fsp3) is 0.0833. The zero-order chi connectivity index (χ0) is 22.7. The largest absolute Gasteiger partial charge is 0.488 e. The first kappa shape index (κ1) is 22.2. The van der Waals surface area contributed by atoms with Crippen molar-refractivity contribution in [1.29, 1.82) is 0 Å². The molecule has 2 aromatic carbocycles. The normalized spacial score (nSPS) is 11.4. The molecule has 162 valence electrons. The van der Waals surface area contributed by atoms with E-state index in [1.165, 1.54) is 23.6 Å². The number of alkyl halides is 3. The second-order valence-corrected chi connectivity index (χ2v) is 8.70. The molecule has 4 rings (SSSR count). The maximum Gasteiger partial charge on any atom is 0.454 e. The number of ketones is 1. The fourth-order valence-corrected chi connectivity index (χ4v) is 4.42. The van der Waals surface area contributed by atoms with Gasteiger partial charge in [-0.25, -0.2) is 0 Å². The van der Waals surface area contributed by atoms with E-state index in [-0.39, 0.29) is 0 Å². The van der Waals surface area contributed by atoms with Crippen LogP contribution in [0.3, 0.4) is 0 Å². The van der Waals surface area contributed by atoms with Crippen LogP contribution in [0.5, 0.6) is 5.75 Å². The van der Waals surface area contributed by atoms with Crippen LogP contribution in [0.15, 0.2) is 82.9 Å². The van der Waals surface area contributed by atoms with Gasteiger partial charge in [0.15, 0.2) is 0 Å². The lowest BCUT2D eigenvalue weighted by Gasteiger charge is -2.13.